The summed E-state index contributed by atoms with van der Waals surface area (Å²) in [6.45, 7) is 25.8. The van der Waals surface area contributed by atoms with Crippen LogP contribution in [-0.4, -0.2) is 61.5 Å². The quantitative estimate of drug-likeness (QED) is 0.0549. The third-order valence-corrected chi connectivity index (χ3v) is 30.5. The Hall–Kier alpha value is -7.45. The van der Waals surface area contributed by atoms with E-state index in [1.807, 2.05) is 50.1 Å². The van der Waals surface area contributed by atoms with Crippen LogP contribution in [0.3, 0.4) is 0 Å². The first-order chi connectivity index (χ1) is 56.9. The molecule has 0 aliphatic heterocycles. The van der Waals surface area contributed by atoms with Gasteiger partial charge in [-0.3, -0.25) is 0 Å². The van der Waals surface area contributed by atoms with E-state index in [0.717, 1.165) is 0 Å². The largest absolute Gasteiger partial charge is 1.00 e. The van der Waals surface area contributed by atoms with Gasteiger partial charge in [-0.15, -0.1) is 0 Å². The average Bonchev–Trinajstić information content (AvgIpc) is 0.863. The van der Waals surface area contributed by atoms with Crippen molar-refractivity contribution in [2.45, 2.75) is 91.7 Å². The molecule has 0 unspecified atom stereocenters. The fraction of sp³-hybridized carbons (Fsp3) is 0.143. The fourth-order valence-corrected chi connectivity index (χ4v) is 23.0. The monoisotopic (exact) mass is 1960 g/mol. The summed E-state index contributed by atoms with van der Waals surface area (Å²) in [4.78, 5) is 15.9. The number of rotatable bonds is 16. The summed E-state index contributed by atoms with van der Waals surface area (Å²) in [6.07, 6.45) is 22.4. The number of imidazole rings is 4. The Labute approximate surface area is 779 Å². The summed E-state index contributed by atoms with van der Waals surface area (Å²) in [6, 6.07) is 108. The second-order valence-corrected chi connectivity index (χ2v) is 43.6. The average molecular weight is 1970 g/mol. The second-order valence-electron chi connectivity index (χ2n) is 29.7. The van der Waals surface area contributed by atoms with E-state index in [1.54, 1.807) is 24.8 Å². The molecule has 0 spiro atoms. The van der Waals surface area contributed by atoms with Crippen molar-refractivity contribution >= 4 is 180 Å². The van der Waals surface area contributed by atoms with Gasteiger partial charge in [-0.05, 0) is 253 Å². The SMILES string of the molecule is Cc1ccc([PH+](c2ccc(C)cc2)c2ccc(C)cc2)cc1.Cc1ccc([PH+](c2ccc(C)cc2)c2ccc(C)cc2)cc1.Cc1ccc([PH+](c2ccc(C)cc2)c2ccc(C)cc2)cc1.Cc1ccc([PH+](c2ccc(C)cc2)c2ccc(C)cc2)cc1.ClC(Cl)Cl.ClC(Cl)Cl.[Ag+].[Ag+].[BH2-](n1ccnc1)n1ccnc1.[BH2-](n1ccnc1)n1ccnc1. The van der Waals surface area contributed by atoms with Crippen molar-refractivity contribution in [1.29, 1.82) is 0 Å². The summed E-state index contributed by atoms with van der Waals surface area (Å²) in [5.41, 5.74) is 15.8. The molecule has 0 N–H and O–H groups in total. The third kappa shape index (κ3) is 34.3. The number of aromatic nitrogens is 8. The molecule has 12 aromatic carbocycles. The predicted octanol–water partition coefficient (Wildman–Crippen LogP) is 19.3. The minimum absolute atomic E-state index is 0. The van der Waals surface area contributed by atoms with Gasteiger partial charge in [-0.2, -0.15) is 0 Å². The number of aryl methyl sites for hydroxylation is 12. The molecule has 16 aromatic rings. The van der Waals surface area contributed by atoms with E-state index < -0.39 is 40.3 Å². The van der Waals surface area contributed by atoms with E-state index in [9.17, 15) is 0 Å². The number of benzene rings is 12. The van der Waals surface area contributed by atoms with E-state index in [-0.39, 0.29) is 59.9 Å². The summed E-state index contributed by atoms with van der Waals surface area (Å²) >= 11 is 28.8. The standard InChI is InChI=1S/4C21H21P.2C6H8BN4.2CHCl3.2Ag/c4*1-16-4-10-19(11-5-16)22(20-12-6-17(2)7-13-20)21-14-8-18(3)9-15-21;2*1-3-10(5-8-1)7-11-4-2-9-6-11;2*2-1(3)4;;/h4*4-15H,1-3H3;2*1-6H,7H2;2*1H;;/q;;;;2*-1;;;2*+1/p+4. The molecule has 0 aliphatic rings. The molecular weight excluding hydrogens is 1860 g/mol. The van der Waals surface area contributed by atoms with Gasteiger partial charge in [0.15, 0.2) is 23.7 Å². The Morgan fingerprint density at radius 1 is 0.192 bits per heavy atom. The Bertz CT molecular complexity index is 4330. The van der Waals surface area contributed by atoms with Gasteiger partial charge < -0.3 is 17.9 Å². The van der Waals surface area contributed by atoms with Crippen LogP contribution in [-0.2, 0) is 44.8 Å². The van der Waals surface area contributed by atoms with Crippen LogP contribution in [0.1, 0.15) is 66.8 Å². The first-order valence-corrected chi connectivity index (χ1v) is 48.0. The minimum atomic E-state index is -0.927. The van der Waals surface area contributed by atoms with Crippen LogP contribution in [0.2, 0.25) is 0 Å². The smallest absolute Gasteiger partial charge is 0.499 e. The Kier molecular flexibility index (Phi) is 43.9. The minimum Gasteiger partial charge on any atom is -0.499 e. The topological polar surface area (TPSA) is 71.3 Å². The van der Waals surface area contributed by atoms with Gasteiger partial charge in [0.05, 0.1) is 57.0 Å². The first kappa shape index (κ1) is 99.7. The summed E-state index contributed by atoms with van der Waals surface area (Å²) < 4.78 is 6.90. The van der Waals surface area contributed by atoms with Crippen molar-refractivity contribution in [1.82, 2.24) is 37.8 Å². The zero-order valence-corrected chi connectivity index (χ0v) is 81.7. The van der Waals surface area contributed by atoms with Gasteiger partial charge in [-0.1, -0.05) is 282 Å². The van der Waals surface area contributed by atoms with Gasteiger partial charge in [-0.25, -0.2) is 19.9 Å². The van der Waals surface area contributed by atoms with E-state index in [2.05, 4.69) is 412 Å². The molecule has 4 aromatic heterocycles. The van der Waals surface area contributed by atoms with E-state index >= 15 is 0 Å². The summed E-state index contributed by atoms with van der Waals surface area (Å²) in [5.74, 6) is 0. The molecule has 0 fully saturated rings. The third-order valence-electron chi connectivity index (χ3n) is 19.6. The van der Waals surface area contributed by atoms with Crippen LogP contribution in [0.4, 0.5) is 0 Å². The first-order valence-electron chi connectivity index (χ1n) is 39.4. The molecular formula is C98H106Ag2B2Cl6N8P4+4. The van der Waals surface area contributed by atoms with Crippen LogP contribution in [0, 0.1) is 83.1 Å². The number of nitrogens with zero attached hydrogens (tertiary/aromatic N) is 8. The molecule has 0 bridgehead atoms. The van der Waals surface area contributed by atoms with Crippen LogP contribution >= 0.6 is 101 Å². The molecule has 0 atom stereocenters. The molecule has 0 aliphatic carbocycles. The fourth-order valence-electron chi connectivity index (χ4n) is 13.0. The molecule has 4 heterocycles. The molecule has 624 valence electrons. The van der Waals surface area contributed by atoms with E-state index in [4.69, 9.17) is 69.6 Å². The van der Waals surface area contributed by atoms with Gasteiger partial charge in [0, 0.05) is 24.8 Å². The Morgan fingerprint density at radius 2 is 0.283 bits per heavy atom. The Balaban J connectivity index is 0.000000197. The van der Waals surface area contributed by atoms with Crippen molar-refractivity contribution in [3.8, 4) is 0 Å². The molecule has 16 rings (SSSR count). The predicted molar refractivity (Wildman–Crippen MR) is 533 cm³/mol. The molecule has 0 saturated heterocycles. The van der Waals surface area contributed by atoms with Crippen molar-refractivity contribution in [3.63, 3.8) is 0 Å². The molecule has 0 radical (unpaired) electrons. The number of hydrogen-bond acceptors (Lipinski definition) is 4. The summed E-state index contributed by atoms with van der Waals surface area (Å²) in [7, 11) is -4.35. The number of hydrogen-bond donors (Lipinski definition) is 0. The van der Waals surface area contributed by atoms with Crippen molar-refractivity contribution < 1.29 is 44.8 Å². The molecule has 0 amide bonds. The van der Waals surface area contributed by atoms with E-state index in [0.29, 0.717) is 0 Å². The number of alkyl halides is 6. The molecule has 22 heteroatoms. The zero-order chi connectivity index (χ0) is 84.3. The van der Waals surface area contributed by atoms with Crippen LogP contribution in [0.15, 0.2) is 366 Å². The number of halogens is 6. The summed E-state index contributed by atoms with van der Waals surface area (Å²) in [5, 5.41) is 17.4. The molecule has 120 heavy (non-hydrogen) atoms. The van der Waals surface area contributed by atoms with Gasteiger partial charge in [0.25, 0.3) is 0 Å². The van der Waals surface area contributed by atoms with Crippen molar-refractivity contribution in [2.24, 2.45) is 0 Å². The zero-order valence-electron chi connectivity index (χ0n) is 70.2. The normalized spacial score (nSPS) is 10.5. The maximum absolute atomic E-state index is 4.81. The molecule has 8 nitrogen and oxygen atoms in total. The van der Waals surface area contributed by atoms with Gasteiger partial charge in [0.1, 0.15) is 63.7 Å². The van der Waals surface area contributed by atoms with E-state index in [1.165, 1.54) is 130 Å². The maximum atomic E-state index is 4.81. The van der Waals surface area contributed by atoms with Crippen LogP contribution < -0.4 is 63.7 Å². The van der Waals surface area contributed by atoms with Crippen molar-refractivity contribution in [2.75, 3.05) is 0 Å². The maximum Gasteiger partial charge on any atom is 1.00 e. The molecule has 0 saturated carbocycles. The van der Waals surface area contributed by atoms with Crippen molar-refractivity contribution in [3.05, 3.63) is 433 Å². The van der Waals surface area contributed by atoms with Gasteiger partial charge >= 0.3 is 44.8 Å². The van der Waals surface area contributed by atoms with Gasteiger partial charge in [0.2, 0.25) is 0 Å². The second kappa shape index (κ2) is 52.9. The Morgan fingerprint density at radius 3 is 0.358 bits per heavy atom. The van der Waals surface area contributed by atoms with Crippen LogP contribution in [0.5, 0.6) is 0 Å². The van der Waals surface area contributed by atoms with Crippen LogP contribution in [0.25, 0.3) is 0 Å².